The van der Waals surface area contributed by atoms with Crippen LogP contribution >= 0.6 is 0 Å². The van der Waals surface area contributed by atoms with Gasteiger partial charge in [0.15, 0.2) is 11.3 Å². The van der Waals surface area contributed by atoms with Gasteiger partial charge in [-0.3, -0.25) is 18.7 Å². The number of rotatable bonds is 1. The Labute approximate surface area is 229 Å². The van der Waals surface area contributed by atoms with Crippen LogP contribution in [0.2, 0.25) is 0 Å². The molecule has 3 unspecified atom stereocenters. The Morgan fingerprint density at radius 3 is 2.45 bits per heavy atom. The Hall–Kier alpha value is -4.14. The molecule has 40 heavy (non-hydrogen) atoms. The number of aromatic nitrogens is 3. The first-order valence-corrected chi connectivity index (χ1v) is 13.7. The minimum Gasteiger partial charge on any atom is -0.396 e. The van der Waals surface area contributed by atoms with Crippen molar-refractivity contribution >= 4 is 34.9 Å². The first-order valence-electron chi connectivity index (χ1n) is 13.7. The van der Waals surface area contributed by atoms with E-state index < -0.39 is 39.3 Å². The van der Waals surface area contributed by atoms with E-state index in [4.69, 9.17) is 0 Å². The summed E-state index contributed by atoms with van der Waals surface area (Å²) in [6.45, 7) is 7.87. The third-order valence-corrected chi connectivity index (χ3v) is 9.91. The Balaban J connectivity index is 1.54. The van der Waals surface area contributed by atoms with Crippen LogP contribution in [0.5, 0.6) is 0 Å². The normalized spacial score (nSPS) is 27.6. The quantitative estimate of drug-likeness (QED) is 0.345. The maximum Gasteiger partial charge on any atom is 0.279 e. The van der Waals surface area contributed by atoms with Crippen molar-refractivity contribution in [1.82, 2.24) is 14.1 Å². The van der Waals surface area contributed by atoms with Crippen molar-refractivity contribution in [2.45, 2.75) is 49.9 Å². The van der Waals surface area contributed by atoms with Gasteiger partial charge >= 0.3 is 0 Å². The van der Waals surface area contributed by atoms with Gasteiger partial charge in [-0.2, -0.15) is 0 Å². The number of allylic oxidation sites excluding steroid dienone is 1. The number of anilines is 1. The SMILES string of the molecule is CC1(C)C=Cn2c(=O)c3n(c(=O)c2=Cc2c1[nH]c1ccccc21)C12C(CO)C(C)(C)N1c1ccccc1C2(O)C=3. The van der Waals surface area contributed by atoms with Crippen molar-refractivity contribution < 1.29 is 10.2 Å². The summed E-state index contributed by atoms with van der Waals surface area (Å²) in [6.07, 6.45) is 6.95. The van der Waals surface area contributed by atoms with Crippen molar-refractivity contribution in [2.75, 3.05) is 11.5 Å². The monoisotopic (exact) mass is 534 g/mol. The Bertz CT molecular complexity index is 2100. The standard InChI is InChI=1S/C32H30N4O4/c1-29(2)13-14-34-23(15-19-18-9-5-7-11-21(18)33-26(19)29)28(39)35-24(27(34)38)16-31(40)20-10-6-8-12-22(20)36-30(3,4)25(17-37)32(31,35)36/h5-16,25,33,37,40H,17H2,1-4H3. The summed E-state index contributed by atoms with van der Waals surface area (Å²) in [5, 5.41) is 24.5. The molecule has 8 rings (SSSR count). The zero-order chi connectivity index (χ0) is 28.0. The van der Waals surface area contributed by atoms with Crippen molar-refractivity contribution in [3.8, 4) is 0 Å². The predicted octanol–water partition coefficient (Wildman–Crippen LogP) is 1.64. The Morgan fingerprint density at radius 2 is 1.68 bits per heavy atom. The zero-order valence-corrected chi connectivity index (χ0v) is 22.8. The third-order valence-electron chi connectivity index (χ3n) is 9.91. The van der Waals surface area contributed by atoms with E-state index in [2.05, 4.69) is 18.8 Å². The van der Waals surface area contributed by atoms with E-state index >= 15 is 0 Å². The molecule has 1 saturated heterocycles. The lowest BCUT2D eigenvalue weighted by Gasteiger charge is -2.68. The molecule has 4 aliphatic rings. The van der Waals surface area contributed by atoms with Gasteiger partial charge in [0.05, 0.1) is 12.5 Å². The van der Waals surface area contributed by atoms with Gasteiger partial charge < -0.3 is 20.1 Å². The van der Waals surface area contributed by atoms with Crippen molar-refractivity contribution in [2.24, 2.45) is 5.92 Å². The first kappa shape index (κ1) is 23.7. The fraction of sp³-hybridized carbons (Fsp3) is 0.312. The molecule has 2 aromatic carbocycles. The lowest BCUT2D eigenvalue weighted by Crippen LogP contribution is -2.84. The number of para-hydroxylation sites is 2. The second kappa shape index (κ2) is 6.95. The fourth-order valence-electron chi connectivity index (χ4n) is 8.16. The van der Waals surface area contributed by atoms with E-state index in [0.29, 0.717) is 5.56 Å². The number of aromatic amines is 1. The molecular formula is C32H30N4O4. The smallest absolute Gasteiger partial charge is 0.279 e. The average Bonchev–Trinajstić information content (AvgIpc) is 3.48. The molecule has 4 aliphatic heterocycles. The number of nitrogens with one attached hydrogen (secondary N) is 1. The molecule has 1 fully saturated rings. The van der Waals surface area contributed by atoms with Crippen LogP contribution in [-0.4, -0.2) is 36.5 Å². The van der Waals surface area contributed by atoms with Crippen molar-refractivity contribution in [3.63, 3.8) is 0 Å². The molecular weight excluding hydrogens is 504 g/mol. The molecule has 2 aromatic heterocycles. The van der Waals surface area contributed by atoms with E-state index in [1.807, 2.05) is 73.4 Å². The minimum atomic E-state index is -1.68. The van der Waals surface area contributed by atoms with Crippen LogP contribution in [0.3, 0.4) is 0 Å². The van der Waals surface area contributed by atoms with Gasteiger partial charge in [0.1, 0.15) is 10.7 Å². The molecule has 0 saturated carbocycles. The molecule has 0 amide bonds. The summed E-state index contributed by atoms with van der Waals surface area (Å²) in [5.74, 6) is -0.526. The third kappa shape index (κ3) is 2.31. The second-order valence-corrected chi connectivity index (χ2v) is 12.6. The number of hydrogen-bond acceptors (Lipinski definition) is 5. The highest BCUT2D eigenvalue weighted by Crippen LogP contribution is 2.69. The van der Waals surface area contributed by atoms with Crippen molar-refractivity contribution in [1.29, 1.82) is 0 Å². The molecule has 202 valence electrons. The maximum atomic E-state index is 14.7. The zero-order valence-electron chi connectivity index (χ0n) is 22.8. The molecule has 8 nitrogen and oxygen atoms in total. The molecule has 3 N–H and O–H groups in total. The lowest BCUT2D eigenvalue weighted by atomic mass is 9.61. The highest BCUT2D eigenvalue weighted by atomic mass is 16.3. The molecule has 0 bridgehead atoms. The number of H-pyrrole nitrogens is 1. The molecule has 0 radical (unpaired) electrons. The number of nitrogens with zero attached hydrogens (tertiary/aromatic N) is 3. The largest absolute Gasteiger partial charge is 0.396 e. The van der Waals surface area contributed by atoms with Crippen LogP contribution in [0.25, 0.3) is 29.3 Å². The summed E-state index contributed by atoms with van der Waals surface area (Å²) in [4.78, 5) is 34.6. The van der Waals surface area contributed by atoms with Crippen LogP contribution in [0.1, 0.15) is 44.5 Å². The Morgan fingerprint density at radius 1 is 0.950 bits per heavy atom. The molecule has 1 spiro atoms. The fourth-order valence-corrected chi connectivity index (χ4v) is 8.16. The number of benzene rings is 2. The van der Waals surface area contributed by atoms with Crippen LogP contribution in [-0.2, 0) is 16.7 Å². The summed E-state index contributed by atoms with van der Waals surface area (Å²) < 4.78 is 2.88. The van der Waals surface area contributed by atoms with Gasteiger partial charge in [-0.1, -0.05) is 56.3 Å². The summed E-state index contributed by atoms with van der Waals surface area (Å²) in [6, 6.07) is 15.4. The van der Waals surface area contributed by atoms with E-state index in [1.165, 1.54) is 15.2 Å². The maximum absolute atomic E-state index is 14.7. The minimum absolute atomic E-state index is 0.125. The predicted molar refractivity (Wildman–Crippen MR) is 154 cm³/mol. The van der Waals surface area contributed by atoms with Gasteiger partial charge in [-0.15, -0.1) is 0 Å². The Kier molecular flexibility index (Phi) is 4.12. The number of hydrogen-bond donors (Lipinski definition) is 3. The summed E-state index contributed by atoms with van der Waals surface area (Å²) >= 11 is 0. The van der Waals surface area contributed by atoms with Gasteiger partial charge in [-0.25, -0.2) is 0 Å². The van der Waals surface area contributed by atoms with E-state index in [-0.39, 0.29) is 17.3 Å². The summed E-state index contributed by atoms with van der Waals surface area (Å²) in [7, 11) is 0. The van der Waals surface area contributed by atoms with E-state index in [9.17, 15) is 19.8 Å². The molecule has 6 heterocycles. The van der Waals surface area contributed by atoms with Gasteiger partial charge in [0, 0.05) is 50.6 Å². The van der Waals surface area contributed by atoms with Gasteiger partial charge in [0.25, 0.3) is 11.1 Å². The van der Waals surface area contributed by atoms with Gasteiger partial charge in [-0.05, 0) is 38.1 Å². The summed E-state index contributed by atoms with van der Waals surface area (Å²) in [5.41, 5.74) is -0.696. The number of fused-ring (bicyclic) bond motifs is 8. The van der Waals surface area contributed by atoms with E-state index in [1.54, 1.807) is 12.3 Å². The van der Waals surface area contributed by atoms with E-state index in [0.717, 1.165) is 27.8 Å². The molecule has 4 aromatic rings. The number of aliphatic hydroxyl groups excluding tert-OH is 1. The van der Waals surface area contributed by atoms with Crippen LogP contribution in [0.15, 0.2) is 64.2 Å². The van der Waals surface area contributed by atoms with Crippen molar-refractivity contribution in [3.05, 3.63) is 103 Å². The van der Waals surface area contributed by atoms with Gasteiger partial charge in [0.2, 0.25) is 0 Å². The average molecular weight is 535 g/mol. The molecule has 3 atom stereocenters. The number of aliphatic hydroxyl groups is 2. The molecule has 8 heteroatoms. The van der Waals surface area contributed by atoms with Crippen LogP contribution < -0.4 is 26.7 Å². The van der Waals surface area contributed by atoms with Crippen LogP contribution in [0, 0.1) is 5.92 Å². The second-order valence-electron chi connectivity index (χ2n) is 12.6. The van der Waals surface area contributed by atoms with Crippen LogP contribution in [0.4, 0.5) is 5.69 Å². The lowest BCUT2D eigenvalue weighted by molar-refractivity contribution is -0.148. The highest BCUT2D eigenvalue weighted by Gasteiger charge is 2.80. The first-order chi connectivity index (χ1) is 19.0. The topological polar surface area (TPSA) is 103 Å². The highest BCUT2D eigenvalue weighted by molar-refractivity contribution is 5.91. The molecule has 0 aliphatic carbocycles.